The van der Waals surface area contributed by atoms with Crippen LogP contribution in [0.5, 0.6) is 0 Å². The molecule has 0 rings (SSSR count). The lowest BCUT2D eigenvalue weighted by Gasteiger charge is -2.21. The summed E-state index contributed by atoms with van der Waals surface area (Å²) in [5.41, 5.74) is 0. The molecule has 0 saturated heterocycles. The fourth-order valence-electron chi connectivity index (χ4n) is 9.14. The number of allylic oxidation sites excluding steroid dienone is 21. The van der Waals surface area contributed by atoms with Crippen molar-refractivity contribution in [3.05, 3.63) is 134 Å². The molecule has 0 fully saturated rings. The third-order valence-electron chi connectivity index (χ3n) is 14.6. The zero-order valence-electron chi connectivity index (χ0n) is 59.5. The first kappa shape index (κ1) is 91.2. The summed E-state index contributed by atoms with van der Waals surface area (Å²) in [5, 5.41) is 10.6. The van der Waals surface area contributed by atoms with Crippen molar-refractivity contribution >= 4 is 39.5 Å². The average molecular weight is 1390 g/mol. The van der Waals surface area contributed by atoms with E-state index in [0.717, 1.165) is 128 Å². The Labute approximate surface area is 580 Å². The van der Waals surface area contributed by atoms with E-state index >= 15 is 0 Å². The molecular formula is C77H128O17P2. The van der Waals surface area contributed by atoms with E-state index in [0.29, 0.717) is 32.1 Å². The fourth-order valence-corrected chi connectivity index (χ4v) is 10.7. The normalized spacial score (nSPS) is 14.8. The molecule has 548 valence electrons. The third-order valence-corrected chi connectivity index (χ3v) is 16.5. The minimum Gasteiger partial charge on any atom is -0.462 e. The van der Waals surface area contributed by atoms with Gasteiger partial charge in [-0.05, 0) is 122 Å². The molecule has 0 spiro atoms. The van der Waals surface area contributed by atoms with Crippen molar-refractivity contribution in [2.24, 2.45) is 0 Å². The van der Waals surface area contributed by atoms with E-state index < -0.39 is 97.5 Å². The second kappa shape index (κ2) is 68.7. The molecule has 0 aromatic rings. The van der Waals surface area contributed by atoms with Gasteiger partial charge in [-0.15, -0.1) is 0 Å². The fraction of sp³-hybridized carbons (Fsp3) is 0.662. The predicted molar refractivity (Wildman–Crippen MR) is 390 cm³/mol. The molecule has 0 heterocycles. The van der Waals surface area contributed by atoms with E-state index in [4.69, 9.17) is 37.0 Å². The number of carbonyl (C=O) groups is 4. The van der Waals surface area contributed by atoms with Gasteiger partial charge in [-0.3, -0.25) is 37.3 Å². The van der Waals surface area contributed by atoms with E-state index in [9.17, 15) is 43.2 Å². The van der Waals surface area contributed by atoms with E-state index in [1.165, 1.54) is 57.8 Å². The first-order valence-corrected chi connectivity index (χ1v) is 39.4. The standard InChI is InChI=1S/C77H128O17P2/c1-5-9-13-17-21-25-29-32-35-38-42-45-49-53-57-61-74(79)87-67-72(93-76(81)63-59-55-51-47-41-28-24-20-16-12-8-4)69-91-95(83,84)89-65-71(78)66-90-96(85,86)92-70-73(94-77(82)64-60-56-52-48-44-40-37-34-31-27-23-19-15-11-7-3)68-88-75(80)62-58-54-50-46-43-39-36-33-30-26-22-18-14-10-6-2/h10-11,14-15,21-23,25-27,32-37,43-44,46,48,54,58,71-73,78H,5-9,12-13,16-20,24,28-31,38-42,45,47,49-53,55-57,59-70H2,1-4H3,(H,83,84)(H,85,86)/b14-10-,15-11-,25-21-,26-22-,27-23-,35-32-,36-33-,37-34-,46-43-,48-44-,58-54-. The number of hydrogen-bond donors (Lipinski definition) is 3. The molecule has 5 atom stereocenters. The highest BCUT2D eigenvalue weighted by atomic mass is 31.2. The molecule has 0 saturated carbocycles. The van der Waals surface area contributed by atoms with Gasteiger partial charge in [0.1, 0.15) is 19.3 Å². The van der Waals surface area contributed by atoms with E-state index in [1.807, 2.05) is 24.3 Å². The third kappa shape index (κ3) is 67.8. The van der Waals surface area contributed by atoms with Crippen molar-refractivity contribution in [2.45, 2.75) is 290 Å². The summed E-state index contributed by atoms with van der Waals surface area (Å²) in [6, 6.07) is 0. The first-order valence-electron chi connectivity index (χ1n) is 36.4. The Balaban J connectivity index is 5.45. The number of carbonyl (C=O) groups excluding carboxylic acids is 4. The van der Waals surface area contributed by atoms with Gasteiger partial charge in [-0.2, -0.15) is 0 Å². The Kier molecular flexibility index (Phi) is 65.3. The van der Waals surface area contributed by atoms with Gasteiger partial charge in [-0.25, -0.2) is 9.13 Å². The van der Waals surface area contributed by atoms with Gasteiger partial charge >= 0.3 is 39.5 Å². The zero-order chi connectivity index (χ0) is 70.4. The quantitative estimate of drug-likeness (QED) is 0.0169. The number of hydrogen-bond acceptors (Lipinski definition) is 15. The highest BCUT2D eigenvalue weighted by molar-refractivity contribution is 7.47. The van der Waals surface area contributed by atoms with Crippen LogP contribution < -0.4 is 0 Å². The summed E-state index contributed by atoms with van der Waals surface area (Å²) >= 11 is 0. The zero-order valence-corrected chi connectivity index (χ0v) is 61.3. The van der Waals surface area contributed by atoms with Gasteiger partial charge in [0.15, 0.2) is 12.2 Å². The number of aliphatic hydroxyl groups is 1. The molecule has 0 aliphatic carbocycles. The molecule has 96 heavy (non-hydrogen) atoms. The van der Waals surface area contributed by atoms with Crippen LogP contribution in [0.3, 0.4) is 0 Å². The summed E-state index contributed by atoms with van der Waals surface area (Å²) < 4.78 is 68.1. The van der Waals surface area contributed by atoms with Crippen LogP contribution in [-0.2, 0) is 65.4 Å². The number of phosphoric acid groups is 2. The number of aliphatic hydroxyl groups excluding tert-OH is 1. The van der Waals surface area contributed by atoms with E-state index in [1.54, 1.807) is 6.08 Å². The number of unbranched alkanes of at least 4 members (excludes halogenated alkanes) is 20. The van der Waals surface area contributed by atoms with Gasteiger partial charge in [-0.1, -0.05) is 258 Å². The van der Waals surface area contributed by atoms with Crippen molar-refractivity contribution in [3.8, 4) is 0 Å². The summed E-state index contributed by atoms with van der Waals surface area (Å²) in [7, 11) is -9.99. The van der Waals surface area contributed by atoms with Crippen LogP contribution in [0.25, 0.3) is 0 Å². The Bertz CT molecular complexity index is 2350. The van der Waals surface area contributed by atoms with Crippen LogP contribution in [0.1, 0.15) is 272 Å². The smallest absolute Gasteiger partial charge is 0.462 e. The molecule has 0 aliphatic heterocycles. The Hall–Kier alpha value is -4.80. The lowest BCUT2D eigenvalue weighted by molar-refractivity contribution is -0.161. The molecule has 0 radical (unpaired) electrons. The van der Waals surface area contributed by atoms with Crippen LogP contribution in [0.2, 0.25) is 0 Å². The van der Waals surface area contributed by atoms with Gasteiger partial charge in [0, 0.05) is 19.3 Å². The minimum atomic E-state index is -5.00. The van der Waals surface area contributed by atoms with Crippen molar-refractivity contribution in [1.82, 2.24) is 0 Å². The van der Waals surface area contributed by atoms with Crippen molar-refractivity contribution < 1.29 is 80.2 Å². The van der Waals surface area contributed by atoms with Crippen molar-refractivity contribution in [1.29, 1.82) is 0 Å². The Morgan fingerprint density at radius 1 is 0.312 bits per heavy atom. The number of phosphoric ester groups is 2. The second-order valence-corrected chi connectivity index (χ2v) is 26.7. The molecule has 3 N–H and O–H groups in total. The Morgan fingerprint density at radius 3 is 0.969 bits per heavy atom. The van der Waals surface area contributed by atoms with Crippen LogP contribution in [0.15, 0.2) is 134 Å². The molecule has 0 aromatic carbocycles. The maximum Gasteiger partial charge on any atom is 0.472 e. The highest BCUT2D eigenvalue weighted by Gasteiger charge is 2.30. The van der Waals surface area contributed by atoms with Gasteiger partial charge < -0.3 is 33.8 Å². The number of esters is 4. The van der Waals surface area contributed by atoms with Crippen LogP contribution in [-0.4, -0.2) is 96.7 Å². The molecule has 0 amide bonds. The topological polar surface area (TPSA) is 237 Å². The summed E-state index contributed by atoms with van der Waals surface area (Å²) in [6.07, 6.45) is 74.9. The lowest BCUT2D eigenvalue weighted by Crippen LogP contribution is -2.30. The number of ether oxygens (including phenoxy) is 4. The monoisotopic (exact) mass is 1390 g/mol. The maximum absolute atomic E-state index is 13.0. The van der Waals surface area contributed by atoms with Gasteiger partial charge in [0.25, 0.3) is 0 Å². The Morgan fingerprint density at radius 2 is 0.583 bits per heavy atom. The van der Waals surface area contributed by atoms with E-state index in [2.05, 4.69) is 131 Å². The van der Waals surface area contributed by atoms with Crippen LogP contribution in [0, 0.1) is 0 Å². The minimum absolute atomic E-state index is 0.0197. The van der Waals surface area contributed by atoms with Crippen molar-refractivity contribution in [3.63, 3.8) is 0 Å². The lowest BCUT2D eigenvalue weighted by atomic mass is 10.1. The molecule has 19 heteroatoms. The average Bonchev–Trinajstić information content (AvgIpc) is 1.09. The highest BCUT2D eigenvalue weighted by Crippen LogP contribution is 2.45. The summed E-state index contributed by atoms with van der Waals surface area (Å²) in [5.74, 6) is -2.39. The molecule has 17 nitrogen and oxygen atoms in total. The maximum atomic E-state index is 13.0. The molecular weight excluding hydrogens is 1260 g/mol. The predicted octanol–water partition coefficient (Wildman–Crippen LogP) is 20.5. The van der Waals surface area contributed by atoms with Crippen LogP contribution >= 0.6 is 15.6 Å². The van der Waals surface area contributed by atoms with Crippen LogP contribution in [0.4, 0.5) is 0 Å². The molecule has 0 bridgehead atoms. The second-order valence-electron chi connectivity index (χ2n) is 23.8. The van der Waals surface area contributed by atoms with Crippen molar-refractivity contribution in [2.75, 3.05) is 39.6 Å². The van der Waals surface area contributed by atoms with E-state index in [-0.39, 0.29) is 25.7 Å². The summed E-state index contributed by atoms with van der Waals surface area (Å²) in [6.45, 7) is 4.41. The van der Waals surface area contributed by atoms with Gasteiger partial charge in [0.2, 0.25) is 0 Å². The first-order chi connectivity index (χ1) is 46.7. The summed E-state index contributed by atoms with van der Waals surface area (Å²) in [4.78, 5) is 72.6. The number of rotatable bonds is 67. The molecule has 0 aromatic heterocycles. The SMILES string of the molecule is CC/C=C\C/C=C\C/C=C\C/C=C\C/C=C\CC(=O)OCC(COP(=O)(O)OCC(O)COP(=O)(O)OCC(COC(=O)CCCCCCC/C=C\C/C=C\CCCCC)OC(=O)CCCCCCCCCCCCC)OC(=O)CCCC/C=C\C/C=C\C/C=C\C/C=C\CC. The molecule has 0 aliphatic rings. The largest absolute Gasteiger partial charge is 0.472 e. The molecule has 5 unspecified atom stereocenters. The van der Waals surface area contributed by atoms with Gasteiger partial charge in [0.05, 0.1) is 32.8 Å².